The summed E-state index contributed by atoms with van der Waals surface area (Å²) in [5, 5.41) is 0. The van der Waals surface area contributed by atoms with Crippen molar-refractivity contribution in [1.82, 2.24) is 0 Å². The van der Waals surface area contributed by atoms with Gasteiger partial charge >= 0.3 is 0 Å². The lowest BCUT2D eigenvalue weighted by molar-refractivity contribution is 0.747. The van der Waals surface area contributed by atoms with Crippen LogP contribution in [0.2, 0.25) is 0 Å². The lowest BCUT2D eigenvalue weighted by Crippen LogP contribution is -1.84. The Labute approximate surface area is 75.8 Å². The van der Waals surface area contributed by atoms with Gasteiger partial charge in [-0.2, -0.15) is 0 Å². The number of fused-ring (bicyclic) bond motifs is 1. The lowest BCUT2D eigenvalue weighted by Gasteiger charge is -2.03. The van der Waals surface area contributed by atoms with E-state index in [0.717, 1.165) is 5.92 Å². The summed E-state index contributed by atoms with van der Waals surface area (Å²) >= 11 is 3.48. The van der Waals surface area contributed by atoms with Gasteiger partial charge in [0.1, 0.15) is 0 Å². The predicted octanol–water partition coefficient (Wildman–Crippen LogP) is 3.50. The van der Waals surface area contributed by atoms with Crippen LogP contribution in [0.25, 0.3) is 0 Å². The van der Waals surface area contributed by atoms with Gasteiger partial charge in [0.05, 0.1) is 0 Å². The van der Waals surface area contributed by atoms with Crippen LogP contribution in [0.3, 0.4) is 0 Å². The first-order valence-electron chi connectivity index (χ1n) is 4.05. The average molecular weight is 211 g/mol. The van der Waals surface area contributed by atoms with Crippen molar-refractivity contribution in [1.29, 1.82) is 0 Å². The number of halogens is 1. The van der Waals surface area contributed by atoms with Gasteiger partial charge in [-0.3, -0.25) is 0 Å². The van der Waals surface area contributed by atoms with E-state index in [-0.39, 0.29) is 0 Å². The van der Waals surface area contributed by atoms with Crippen LogP contribution >= 0.6 is 15.9 Å². The maximum absolute atomic E-state index is 3.48. The molecule has 2 rings (SSSR count). The smallest absolute Gasteiger partial charge is 0.0178 e. The molecule has 1 atom stereocenters. The third-order valence-corrected chi connectivity index (χ3v) is 2.98. The Hall–Kier alpha value is -0.300. The number of aryl methyl sites for hydroxylation is 1. The molecule has 1 aromatic rings. The van der Waals surface area contributed by atoms with Crippen LogP contribution < -0.4 is 0 Å². The third kappa shape index (κ3) is 1.22. The topological polar surface area (TPSA) is 0 Å². The van der Waals surface area contributed by atoms with Crippen LogP contribution in [-0.4, -0.2) is 0 Å². The Morgan fingerprint density at radius 3 is 3.09 bits per heavy atom. The Kier molecular flexibility index (Phi) is 1.76. The van der Waals surface area contributed by atoms with Gasteiger partial charge in [-0.1, -0.05) is 28.9 Å². The van der Waals surface area contributed by atoms with Gasteiger partial charge in [0.2, 0.25) is 0 Å². The highest BCUT2D eigenvalue weighted by Crippen LogP contribution is 2.33. The monoisotopic (exact) mass is 210 g/mol. The van der Waals surface area contributed by atoms with Gasteiger partial charge in [0.25, 0.3) is 0 Å². The Morgan fingerprint density at radius 2 is 2.27 bits per heavy atom. The fourth-order valence-corrected chi connectivity index (χ4v) is 2.21. The molecule has 0 nitrogen and oxygen atoms in total. The van der Waals surface area contributed by atoms with Gasteiger partial charge in [-0.15, -0.1) is 0 Å². The summed E-state index contributed by atoms with van der Waals surface area (Å²) in [6, 6.07) is 6.64. The summed E-state index contributed by atoms with van der Waals surface area (Å²) in [5.41, 5.74) is 3.08. The van der Waals surface area contributed by atoms with E-state index in [9.17, 15) is 0 Å². The minimum atomic E-state index is 0.776. The second-order valence-corrected chi connectivity index (χ2v) is 4.20. The summed E-state index contributed by atoms with van der Waals surface area (Å²) in [4.78, 5) is 0. The van der Waals surface area contributed by atoms with E-state index in [1.54, 1.807) is 5.56 Å². The second kappa shape index (κ2) is 2.63. The van der Waals surface area contributed by atoms with E-state index in [4.69, 9.17) is 0 Å². The normalized spacial score (nSPS) is 21.8. The zero-order chi connectivity index (χ0) is 7.84. The zero-order valence-electron chi connectivity index (χ0n) is 6.60. The highest BCUT2D eigenvalue weighted by atomic mass is 79.9. The molecule has 0 heterocycles. The van der Waals surface area contributed by atoms with Crippen molar-refractivity contribution >= 4 is 15.9 Å². The van der Waals surface area contributed by atoms with Crippen LogP contribution in [-0.2, 0) is 6.42 Å². The molecule has 0 amide bonds. The number of benzene rings is 1. The molecule has 1 aromatic carbocycles. The van der Waals surface area contributed by atoms with Crippen LogP contribution in [0.4, 0.5) is 0 Å². The SMILES string of the molecule is C[C@@H]1CCc2cc(Br)ccc21. The maximum Gasteiger partial charge on any atom is 0.0178 e. The fourth-order valence-electron chi connectivity index (χ4n) is 1.80. The van der Waals surface area contributed by atoms with E-state index in [1.807, 2.05) is 0 Å². The molecule has 0 radical (unpaired) electrons. The summed E-state index contributed by atoms with van der Waals surface area (Å²) < 4.78 is 1.21. The number of hydrogen-bond donors (Lipinski definition) is 0. The Bertz CT molecular complexity index is 278. The molecule has 1 aliphatic carbocycles. The van der Waals surface area contributed by atoms with Gasteiger partial charge in [-0.05, 0) is 42.0 Å². The molecule has 0 aliphatic heterocycles. The van der Waals surface area contributed by atoms with E-state index in [0.29, 0.717) is 0 Å². The average Bonchev–Trinajstić information content (AvgIpc) is 2.32. The van der Waals surface area contributed by atoms with E-state index in [1.165, 1.54) is 22.9 Å². The molecule has 0 aromatic heterocycles. The molecule has 11 heavy (non-hydrogen) atoms. The fraction of sp³-hybridized carbons (Fsp3) is 0.400. The van der Waals surface area contributed by atoms with Crippen molar-refractivity contribution in [2.24, 2.45) is 0 Å². The van der Waals surface area contributed by atoms with Crippen molar-refractivity contribution in [2.75, 3.05) is 0 Å². The molecule has 0 unspecified atom stereocenters. The second-order valence-electron chi connectivity index (χ2n) is 3.28. The minimum absolute atomic E-state index is 0.776. The molecule has 0 saturated carbocycles. The first kappa shape index (κ1) is 7.35. The molecule has 0 fully saturated rings. The maximum atomic E-state index is 3.48. The van der Waals surface area contributed by atoms with Crippen molar-refractivity contribution in [2.45, 2.75) is 25.7 Å². The highest BCUT2D eigenvalue weighted by Gasteiger charge is 2.17. The number of hydrogen-bond acceptors (Lipinski definition) is 0. The standard InChI is InChI=1S/C10H11Br/c1-7-2-3-8-6-9(11)4-5-10(7)8/h4-7H,2-3H2,1H3/t7-/m1/s1. The van der Waals surface area contributed by atoms with Crippen molar-refractivity contribution in [3.63, 3.8) is 0 Å². The summed E-state index contributed by atoms with van der Waals surface area (Å²) in [6.45, 7) is 2.31. The Morgan fingerprint density at radius 1 is 1.45 bits per heavy atom. The first-order chi connectivity index (χ1) is 5.27. The van der Waals surface area contributed by atoms with Crippen molar-refractivity contribution < 1.29 is 0 Å². The molecule has 1 heteroatoms. The number of rotatable bonds is 0. The molecular weight excluding hydrogens is 200 g/mol. The first-order valence-corrected chi connectivity index (χ1v) is 4.85. The molecule has 0 saturated heterocycles. The van der Waals surface area contributed by atoms with Crippen LogP contribution in [0, 0.1) is 0 Å². The zero-order valence-corrected chi connectivity index (χ0v) is 8.19. The van der Waals surface area contributed by atoms with Crippen molar-refractivity contribution in [3.05, 3.63) is 33.8 Å². The predicted molar refractivity (Wildman–Crippen MR) is 50.9 cm³/mol. The van der Waals surface area contributed by atoms with Gasteiger partial charge in [0.15, 0.2) is 0 Å². The molecule has 58 valence electrons. The van der Waals surface area contributed by atoms with Gasteiger partial charge in [0, 0.05) is 4.47 Å². The minimum Gasteiger partial charge on any atom is -0.0584 e. The highest BCUT2D eigenvalue weighted by molar-refractivity contribution is 9.10. The quantitative estimate of drug-likeness (QED) is 0.616. The summed E-state index contributed by atoms with van der Waals surface area (Å²) in [5.74, 6) is 0.776. The molecule has 0 N–H and O–H groups in total. The lowest BCUT2D eigenvalue weighted by atomic mass is 10.0. The third-order valence-electron chi connectivity index (χ3n) is 2.48. The largest absolute Gasteiger partial charge is 0.0584 e. The van der Waals surface area contributed by atoms with Gasteiger partial charge in [-0.25, -0.2) is 0 Å². The molecule has 1 aliphatic rings. The molecular formula is C10H11Br. The molecule has 0 bridgehead atoms. The van der Waals surface area contributed by atoms with Gasteiger partial charge < -0.3 is 0 Å². The van der Waals surface area contributed by atoms with E-state index < -0.39 is 0 Å². The van der Waals surface area contributed by atoms with Crippen LogP contribution in [0.1, 0.15) is 30.4 Å². The summed E-state index contributed by atoms with van der Waals surface area (Å²) in [6.07, 6.45) is 2.59. The van der Waals surface area contributed by atoms with Crippen molar-refractivity contribution in [3.8, 4) is 0 Å². The van der Waals surface area contributed by atoms with Crippen LogP contribution in [0.5, 0.6) is 0 Å². The van der Waals surface area contributed by atoms with E-state index in [2.05, 4.69) is 41.1 Å². The summed E-state index contributed by atoms with van der Waals surface area (Å²) in [7, 11) is 0. The van der Waals surface area contributed by atoms with E-state index >= 15 is 0 Å². The molecule has 0 spiro atoms. The van der Waals surface area contributed by atoms with Crippen LogP contribution in [0.15, 0.2) is 22.7 Å². The Balaban J connectivity index is 2.50.